The van der Waals surface area contributed by atoms with E-state index in [1.165, 1.54) is 4.90 Å². The maximum Gasteiger partial charge on any atom is 0.254 e. The number of para-hydroxylation sites is 1. The fourth-order valence-corrected chi connectivity index (χ4v) is 2.74. The number of ether oxygens (including phenoxy) is 1. The predicted octanol–water partition coefficient (Wildman–Crippen LogP) is 2.62. The van der Waals surface area contributed by atoms with Crippen LogP contribution in [-0.4, -0.2) is 41.2 Å². The highest BCUT2D eigenvalue weighted by Crippen LogP contribution is 2.25. The molecule has 6 heteroatoms. The first-order valence-electron chi connectivity index (χ1n) is 7.61. The first-order valence-corrected chi connectivity index (χ1v) is 7.61. The summed E-state index contributed by atoms with van der Waals surface area (Å²) in [7, 11) is 0. The summed E-state index contributed by atoms with van der Waals surface area (Å²) in [5, 5.41) is 10.6. The van der Waals surface area contributed by atoms with Gasteiger partial charge in [0.25, 0.3) is 5.91 Å². The van der Waals surface area contributed by atoms with Crippen molar-refractivity contribution in [3.63, 3.8) is 0 Å². The van der Waals surface area contributed by atoms with Gasteiger partial charge in [-0.15, -0.1) is 0 Å². The molecule has 1 atom stereocenters. The Bertz CT molecular complexity index is 718. The van der Waals surface area contributed by atoms with Crippen LogP contribution in [0.15, 0.2) is 48.5 Å². The average molecular weight is 333 g/mol. The summed E-state index contributed by atoms with van der Waals surface area (Å²) in [6.45, 7) is 0.390. The smallest absolute Gasteiger partial charge is 0.254 e. The van der Waals surface area contributed by atoms with Crippen LogP contribution in [0, 0.1) is 11.6 Å². The highest BCUT2D eigenvalue weighted by atomic mass is 19.1. The normalized spacial score (nSPS) is 20.2. The Morgan fingerprint density at radius 1 is 1.17 bits per heavy atom. The molecular weight excluding hydrogens is 316 g/mol. The number of nitrogens with zero attached hydrogens (tertiary/aromatic N) is 1. The Labute approximate surface area is 138 Å². The third kappa shape index (κ3) is 3.71. The lowest BCUT2D eigenvalue weighted by Gasteiger charge is -2.23. The first-order chi connectivity index (χ1) is 11.5. The van der Waals surface area contributed by atoms with E-state index in [1.807, 2.05) is 18.2 Å². The van der Waals surface area contributed by atoms with Crippen LogP contribution < -0.4 is 4.74 Å². The fourth-order valence-electron chi connectivity index (χ4n) is 2.74. The van der Waals surface area contributed by atoms with E-state index in [-0.39, 0.29) is 18.7 Å². The quantitative estimate of drug-likeness (QED) is 0.936. The minimum atomic E-state index is -1.18. The second-order valence-corrected chi connectivity index (χ2v) is 5.96. The van der Waals surface area contributed by atoms with Crippen LogP contribution >= 0.6 is 0 Å². The molecule has 0 aliphatic carbocycles. The maximum atomic E-state index is 13.3. The molecule has 1 amide bonds. The summed E-state index contributed by atoms with van der Waals surface area (Å²) < 4.78 is 32.1. The van der Waals surface area contributed by atoms with E-state index in [4.69, 9.17) is 4.74 Å². The molecule has 0 aromatic heterocycles. The van der Waals surface area contributed by atoms with Gasteiger partial charge in [0.05, 0.1) is 6.54 Å². The molecule has 24 heavy (non-hydrogen) atoms. The summed E-state index contributed by atoms with van der Waals surface area (Å²) in [5.41, 5.74) is -1.25. The van der Waals surface area contributed by atoms with Crippen molar-refractivity contribution in [2.75, 3.05) is 19.7 Å². The molecule has 0 bridgehead atoms. The Hall–Kier alpha value is -2.47. The fraction of sp³-hybridized carbons (Fsp3) is 0.278. The van der Waals surface area contributed by atoms with E-state index < -0.39 is 23.1 Å². The number of hydrogen-bond acceptors (Lipinski definition) is 3. The highest BCUT2D eigenvalue weighted by Gasteiger charge is 2.39. The topological polar surface area (TPSA) is 49.8 Å². The van der Waals surface area contributed by atoms with E-state index in [9.17, 15) is 18.7 Å². The number of likely N-dealkylation sites (tertiary alicyclic amines) is 1. The van der Waals surface area contributed by atoms with Crippen molar-refractivity contribution in [2.45, 2.75) is 12.0 Å². The van der Waals surface area contributed by atoms with Gasteiger partial charge in [-0.05, 0) is 30.7 Å². The van der Waals surface area contributed by atoms with E-state index in [0.717, 1.165) is 12.1 Å². The molecule has 0 spiro atoms. The number of benzene rings is 2. The number of carbonyl (C=O) groups excluding carboxylic acids is 1. The molecule has 0 unspecified atom stereocenters. The van der Waals surface area contributed by atoms with Crippen molar-refractivity contribution in [1.29, 1.82) is 0 Å². The van der Waals surface area contributed by atoms with Crippen LogP contribution in [0.1, 0.15) is 16.8 Å². The molecule has 1 fully saturated rings. The summed E-state index contributed by atoms with van der Waals surface area (Å²) in [4.78, 5) is 13.7. The molecule has 2 aromatic rings. The molecule has 3 rings (SSSR count). The lowest BCUT2D eigenvalue weighted by molar-refractivity contribution is 0.00430. The molecule has 1 heterocycles. The summed E-state index contributed by atoms with van der Waals surface area (Å²) in [5.74, 6) is -1.49. The zero-order chi connectivity index (χ0) is 17.2. The number of rotatable bonds is 4. The second kappa shape index (κ2) is 6.57. The SMILES string of the molecule is O=C(c1cc(F)cc(F)c1)N1CC[C@](O)(COc2ccccc2)C1. The van der Waals surface area contributed by atoms with Gasteiger partial charge in [0.2, 0.25) is 0 Å². The number of aliphatic hydroxyl groups is 1. The zero-order valence-electron chi connectivity index (χ0n) is 12.9. The predicted molar refractivity (Wildman–Crippen MR) is 83.8 cm³/mol. The second-order valence-electron chi connectivity index (χ2n) is 5.96. The van der Waals surface area contributed by atoms with Crippen molar-refractivity contribution >= 4 is 5.91 Å². The standard InChI is InChI=1S/C18H17F2NO3/c19-14-8-13(9-15(20)10-14)17(22)21-7-6-18(23,11-21)12-24-16-4-2-1-3-5-16/h1-5,8-10,23H,6-7,11-12H2/t18-/m1/s1. The van der Waals surface area contributed by atoms with E-state index in [1.54, 1.807) is 12.1 Å². The Balaban J connectivity index is 1.64. The van der Waals surface area contributed by atoms with Crippen LogP contribution in [-0.2, 0) is 0 Å². The van der Waals surface area contributed by atoms with Crippen LogP contribution in [0.4, 0.5) is 8.78 Å². The third-order valence-electron chi connectivity index (χ3n) is 3.98. The largest absolute Gasteiger partial charge is 0.491 e. The van der Waals surface area contributed by atoms with Crippen LogP contribution in [0.3, 0.4) is 0 Å². The van der Waals surface area contributed by atoms with Gasteiger partial charge in [-0.1, -0.05) is 18.2 Å². The molecule has 1 aliphatic rings. The Morgan fingerprint density at radius 2 is 1.83 bits per heavy atom. The highest BCUT2D eigenvalue weighted by molar-refractivity contribution is 5.94. The van der Waals surface area contributed by atoms with Gasteiger partial charge in [0.15, 0.2) is 0 Å². The van der Waals surface area contributed by atoms with Gasteiger partial charge >= 0.3 is 0 Å². The van der Waals surface area contributed by atoms with Crippen molar-refractivity contribution < 1.29 is 23.4 Å². The average Bonchev–Trinajstić information content (AvgIpc) is 2.95. The van der Waals surface area contributed by atoms with Crippen LogP contribution in [0.25, 0.3) is 0 Å². The molecule has 1 N–H and O–H groups in total. The van der Waals surface area contributed by atoms with Crippen LogP contribution in [0.2, 0.25) is 0 Å². The van der Waals surface area contributed by atoms with Gasteiger partial charge in [0.1, 0.15) is 29.6 Å². The minimum absolute atomic E-state index is 0.0400. The number of β-amino-alcohol motifs (C(OH)–C–C–N with tert-alkyl or cyclic N) is 1. The molecule has 1 saturated heterocycles. The third-order valence-corrected chi connectivity index (χ3v) is 3.98. The van der Waals surface area contributed by atoms with Crippen molar-refractivity contribution in [3.8, 4) is 5.75 Å². The summed E-state index contributed by atoms with van der Waals surface area (Å²) in [6, 6.07) is 11.7. The van der Waals surface area contributed by atoms with E-state index >= 15 is 0 Å². The van der Waals surface area contributed by atoms with Crippen molar-refractivity contribution in [3.05, 3.63) is 65.7 Å². The lowest BCUT2D eigenvalue weighted by Crippen LogP contribution is -2.40. The molecule has 1 aliphatic heterocycles. The van der Waals surface area contributed by atoms with Gasteiger partial charge < -0.3 is 14.7 Å². The number of hydrogen-bond donors (Lipinski definition) is 1. The monoisotopic (exact) mass is 333 g/mol. The Morgan fingerprint density at radius 3 is 2.50 bits per heavy atom. The summed E-state index contributed by atoms with van der Waals surface area (Å²) >= 11 is 0. The minimum Gasteiger partial charge on any atom is -0.491 e. The maximum absolute atomic E-state index is 13.3. The molecular formula is C18H17F2NO3. The number of amides is 1. The number of carbonyl (C=O) groups is 1. The lowest BCUT2D eigenvalue weighted by atomic mass is 10.1. The van der Waals surface area contributed by atoms with E-state index in [0.29, 0.717) is 24.8 Å². The zero-order valence-corrected chi connectivity index (χ0v) is 12.9. The van der Waals surface area contributed by atoms with E-state index in [2.05, 4.69) is 0 Å². The van der Waals surface area contributed by atoms with Crippen molar-refractivity contribution in [1.82, 2.24) is 4.90 Å². The summed E-state index contributed by atoms with van der Waals surface area (Å²) in [6.07, 6.45) is 0.337. The molecule has 0 saturated carbocycles. The van der Waals surface area contributed by atoms with Gasteiger partial charge in [-0.2, -0.15) is 0 Å². The molecule has 4 nitrogen and oxygen atoms in total. The Kier molecular flexibility index (Phi) is 4.49. The number of halogens is 2. The molecule has 0 radical (unpaired) electrons. The van der Waals surface area contributed by atoms with Gasteiger partial charge in [-0.25, -0.2) is 8.78 Å². The van der Waals surface area contributed by atoms with Crippen LogP contribution in [0.5, 0.6) is 5.75 Å². The van der Waals surface area contributed by atoms with Crippen molar-refractivity contribution in [2.24, 2.45) is 0 Å². The van der Waals surface area contributed by atoms with Gasteiger partial charge in [-0.3, -0.25) is 4.79 Å². The first kappa shape index (κ1) is 16.4. The van der Waals surface area contributed by atoms with Gasteiger partial charge in [0, 0.05) is 18.2 Å². The molecule has 2 aromatic carbocycles. The molecule has 126 valence electrons.